The van der Waals surface area contributed by atoms with Crippen molar-refractivity contribution in [2.75, 3.05) is 19.6 Å². The molecule has 1 aromatic rings. The number of hydrogen-bond donors (Lipinski definition) is 1. The molecule has 2 fully saturated rings. The fourth-order valence-corrected chi connectivity index (χ4v) is 4.27. The quantitative estimate of drug-likeness (QED) is 0.824. The van der Waals surface area contributed by atoms with E-state index in [-0.39, 0.29) is 41.6 Å². The molecule has 0 saturated carbocycles. The zero-order valence-corrected chi connectivity index (χ0v) is 18.9. The van der Waals surface area contributed by atoms with Crippen LogP contribution in [0.1, 0.15) is 75.7 Å². The molecule has 0 radical (unpaired) electrons. The standard InChI is InChI=1S/C24H35N3O3/c1-16(2)17-6-8-18(9-7-17)23(30)26-12-10-20(11-13-26)25-22(29)19-14-21(28)27(15-19)24(3,4)5/h6-9,16,19-20H,10-15H2,1-5H3,(H,25,29). The van der Waals surface area contributed by atoms with Gasteiger partial charge in [0, 0.05) is 43.2 Å². The van der Waals surface area contributed by atoms with Crippen molar-refractivity contribution in [3.8, 4) is 0 Å². The molecule has 0 aromatic heterocycles. The summed E-state index contributed by atoms with van der Waals surface area (Å²) in [6, 6.07) is 7.92. The first-order chi connectivity index (χ1) is 14.1. The Bertz CT molecular complexity index is 787. The van der Waals surface area contributed by atoms with Crippen LogP contribution in [0.3, 0.4) is 0 Å². The third-order valence-corrected chi connectivity index (χ3v) is 6.26. The van der Waals surface area contributed by atoms with Gasteiger partial charge in [0.1, 0.15) is 0 Å². The lowest BCUT2D eigenvalue weighted by Crippen LogP contribution is -2.48. The van der Waals surface area contributed by atoms with E-state index < -0.39 is 0 Å². The van der Waals surface area contributed by atoms with Gasteiger partial charge in [-0.25, -0.2) is 0 Å². The monoisotopic (exact) mass is 413 g/mol. The summed E-state index contributed by atoms with van der Waals surface area (Å²) in [5, 5.41) is 3.12. The molecule has 1 N–H and O–H groups in total. The van der Waals surface area contributed by atoms with E-state index in [1.54, 1.807) is 4.90 Å². The summed E-state index contributed by atoms with van der Waals surface area (Å²) in [5.74, 6) is 0.225. The molecule has 164 valence electrons. The highest BCUT2D eigenvalue weighted by Gasteiger charge is 2.40. The SMILES string of the molecule is CC(C)c1ccc(C(=O)N2CCC(NC(=O)C3CC(=O)N(C(C)(C)C)C3)CC2)cc1. The molecule has 1 aromatic carbocycles. The molecular formula is C24H35N3O3. The van der Waals surface area contributed by atoms with Gasteiger partial charge in [0.15, 0.2) is 0 Å². The molecule has 3 rings (SSSR count). The van der Waals surface area contributed by atoms with E-state index >= 15 is 0 Å². The maximum atomic E-state index is 12.8. The molecule has 1 atom stereocenters. The predicted octanol–water partition coefficient (Wildman–Crippen LogP) is 3.18. The van der Waals surface area contributed by atoms with Crippen LogP contribution in [0, 0.1) is 5.92 Å². The van der Waals surface area contributed by atoms with Gasteiger partial charge in [-0.3, -0.25) is 14.4 Å². The first-order valence-electron chi connectivity index (χ1n) is 11.1. The maximum Gasteiger partial charge on any atom is 0.253 e. The second kappa shape index (κ2) is 8.78. The average Bonchev–Trinajstić information content (AvgIpc) is 3.10. The third-order valence-electron chi connectivity index (χ3n) is 6.26. The number of piperidine rings is 1. The van der Waals surface area contributed by atoms with Gasteiger partial charge in [-0.2, -0.15) is 0 Å². The van der Waals surface area contributed by atoms with Gasteiger partial charge in [-0.1, -0.05) is 26.0 Å². The number of carbonyl (C=O) groups is 3. The summed E-state index contributed by atoms with van der Waals surface area (Å²) >= 11 is 0. The average molecular weight is 414 g/mol. The van der Waals surface area contributed by atoms with Crippen molar-refractivity contribution in [3.05, 3.63) is 35.4 Å². The molecular weight excluding hydrogens is 378 g/mol. The number of amides is 3. The van der Waals surface area contributed by atoms with E-state index in [1.807, 2.05) is 49.9 Å². The predicted molar refractivity (Wildman–Crippen MR) is 117 cm³/mol. The fourth-order valence-electron chi connectivity index (χ4n) is 4.27. The van der Waals surface area contributed by atoms with Gasteiger partial charge >= 0.3 is 0 Å². The van der Waals surface area contributed by atoms with E-state index in [1.165, 1.54) is 5.56 Å². The number of likely N-dealkylation sites (tertiary alicyclic amines) is 2. The minimum Gasteiger partial charge on any atom is -0.353 e. The number of nitrogens with one attached hydrogen (secondary N) is 1. The minimum atomic E-state index is -0.282. The highest BCUT2D eigenvalue weighted by Crippen LogP contribution is 2.26. The van der Waals surface area contributed by atoms with Gasteiger partial charge in [-0.15, -0.1) is 0 Å². The summed E-state index contributed by atoms with van der Waals surface area (Å²) in [4.78, 5) is 41.4. The summed E-state index contributed by atoms with van der Waals surface area (Å²) in [6.45, 7) is 12.0. The van der Waals surface area contributed by atoms with E-state index in [0.29, 0.717) is 31.1 Å². The van der Waals surface area contributed by atoms with Crippen molar-refractivity contribution >= 4 is 17.7 Å². The topological polar surface area (TPSA) is 69.7 Å². The molecule has 2 aliphatic rings. The Morgan fingerprint density at radius 2 is 1.67 bits per heavy atom. The minimum absolute atomic E-state index is 0.0378. The Hall–Kier alpha value is -2.37. The van der Waals surface area contributed by atoms with Crippen LogP contribution in [0.15, 0.2) is 24.3 Å². The zero-order chi connectivity index (χ0) is 22.1. The molecule has 2 aliphatic heterocycles. The largest absolute Gasteiger partial charge is 0.353 e. The van der Waals surface area contributed by atoms with Crippen LogP contribution in [0.5, 0.6) is 0 Å². The van der Waals surface area contributed by atoms with E-state index in [0.717, 1.165) is 12.8 Å². The van der Waals surface area contributed by atoms with Crippen LogP contribution < -0.4 is 5.32 Å². The smallest absolute Gasteiger partial charge is 0.253 e. The normalized spacial score (nSPS) is 20.7. The molecule has 1 unspecified atom stereocenters. The van der Waals surface area contributed by atoms with Crippen molar-refractivity contribution in [2.45, 2.75) is 71.4 Å². The lowest BCUT2D eigenvalue weighted by Gasteiger charge is -2.33. The van der Waals surface area contributed by atoms with E-state index in [2.05, 4.69) is 19.2 Å². The van der Waals surface area contributed by atoms with Crippen LogP contribution in [-0.4, -0.2) is 58.7 Å². The first kappa shape index (κ1) is 22.3. The Balaban J connectivity index is 1.49. The Kier molecular flexibility index (Phi) is 6.53. The molecule has 0 aliphatic carbocycles. The lowest BCUT2D eigenvalue weighted by molar-refractivity contribution is -0.132. The summed E-state index contributed by atoms with van der Waals surface area (Å²) in [7, 11) is 0. The highest BCUT2D eigenvalue weighted by molar-refractivity contribution is 5.94. The van der Waals surface area contributed by atoms with Crippen LogP contribution in [0.25, 0.3) is 0 Å². The molecule has 30 heavy (non-hydrogen) atoms. The number of carbonyl (C=O) groups excluding carboxylic acids is 3. The van der Waals surface area contributed by atoms with Gasteiger partial charge in [0.25, 0.3) is 5.91 Å². The Morgan fingerprint density at radius 1 is 1.07 bits per heavy atom. The van der Waals surface area contributed by atoms with Gasteiger partial charge in [-0.05, 0) is 57.2 Å². The van der Waals surface area contributed by atoms with Crippen molar-refractivity contribution in [1.29, 1.82) is 0 Å². The molecule has 6 nitrogen and oxygen atoms in total. The van der Waals surface area contributed by atoms with Gasteiger partial charge in [0.2, 0.25) is 11.8 Å². The summed E-state index contributed by atoms with van der Waals surface area (Å²) in [6.07, 6.45) is 1.77. The van der Waals surface area contributed by atoms with Crippen LogP contribution in [-0.2, 0) is 9.59 Å². The molecule has 2 saturated heterocycles. The summed E-state index contributed by atoms with van der Waals surface area (Å²) in [5.41, 5.74) is 1.68. The number of rotatable bonds is 4. The van der Waals surface area contributed by atoms with Crippen molar-refractivity contribution < 1.29 is 14.4 Å². The van der Waals surface area contributed by atoms with Crippen molar-refractivity contribution in [3.63, 3.8) is 0 Å². The molecule has 6 heteroatoms. The molecule has 0 bridgehead atoms. The highest BCUT2D eigenvalue weighted by atomic mass is 16.2. The molecule has 0 spiro atoms. The van der Waals surface area contributed by atoms with Crippen LogP contribution >= 0.6 is 0 Å². The van der Waals surface area contributed by atoms with E-state index in [4.69, 9.17) is 0 Å². The van der Waals surface area contributed by atoms with Gasteiger partial charge < -0.3 is 15.1 Å². The number of nitrogens with zero attached hydrogens (tertiary/aromatic N) is 2. The second-order valence-electron chi connectivity index (χ2n) is 9.93. The fraction of sp³-hybridized carbons (Fsp3) is 0.625. The Labute approximate surface area is 180 Å². The number of benzene rings is 1. The van der Waals surface area contributed by atoms with Gasteiger partial charge in [0.05, 0.1) is 5.92 Å². The number of hydrogen-bond acceptors (Lipinski definition) is 3. The van der Waals surface area contributed by atoms with Crippen molar-refractivity contribution in [2.24, 2.45) is 5.92 Å². The van der Waals surface area contributed by atoms with Crippen LogP contribution in [0.2, 0.25) is 0 Å². The molecule has 2 heterocycles. The molecule has 3 amide bonds. The third kappa shape index (κ3) is 5.02. The summed E-state index contributed by atoms with van der Waals surface area (Å²) < 4.78 is 0. The Morgan fingerprint density at radius 3 is 2.17 bits per heavy atom. The maximum absolute atomic E-state index is 12.8. The first-order valence-corrected chi connectivity index (χ1v) is 11.1. The lowest BCUT2D eigenvalue weighted by atomic mass is 9.99. The van der Waals surface area contributed by atoms with Crippen LogP contribution in [0.4, 0.5) is 0 Å². The second-order valence-corrected chi connectivity index (χ2v) is 9.93. The zero-order valence-electron chi connectivity index (χ0n) is 18.9. The van der Waals surface area contributed by atoms with E-state index in [9.17, 15) is 14.4 Å². The van der Waals surface area contributed by atoms with Crippen molar-refractivity contribution in [1.82, 2.24) is 15.1 Å².